The molecule has 41 heavy (non-hydrogen) atoms. The molecular formula is C23H39N7O11. The van der Waals surface area contributed by atoms with Gasteiger partial charge >= 0.3 is 11.9 Å². The van der Waals surface area contributed by atoms with Crippen LogP contribution in [0.5, 0.6) is 0 Å². The molecule has 0 aliphatic carbocycles. The lowest BCUT2D eigenvalue weighted by Gasteiger charge is -2.25. The van der Waals surface area contributed by atoms with Crippen molar-refractivity contribution in [2.24, 2.45) is 11.7 Å². The van der Waals surface area contributed by atoms with Crippen molar-refractivity contribution in [3.8, 4) is 0 Å². The van der Waals surface area contributed by atoms with Crippen molar-refractivity contribution in [1.29, 1.82) is 0 Å². The number of nitrogens with two attached hydrogens (primary N) is 1. The van der Waals surface area contributed by atoms with Crippen LogP contribution in [0.3, 0.4) is 0 Å². The molecule has 0 unspecified atom stereocenters. The van der Waals surface area contributed by atoms with Crippen LogP contribution in [0.15, 0.2) is 0 Å². The smallest absolute Gasteiger partial charge is 0.326 e. The van der Waals surface area contributed by atoms with E-state index in [1.54, 1.807) is 13.8 Å². The van der Waals surface area contributed by atoms with E-state index in [1.807, 2.05) is 0 Å². The van der Waals surface area contributed by atoms with Gasteiger partial charge in [0.1, 0.15) is 30.2 Å². The summed E-state index contributed by atoms with van der Waals surface area (Å²) in [4.78, 5) is 95.3. The molecule has 0 saturated carbocycles. The minimum absolute atomic E-state index is 0.331. The number of carboxylic acid groups (broad SMARTS) is 2. The van der Waals surface area contributed by atoms with Gasteiger partial charge in [0, 0.05) is 6.42 Å². The van der Waals surface area contributed by atoms with E-state index in [0.29, 0.717) is 0 Å². The van der Waals surface area contributed by atoms with Crippen molar-refractivity contribution in [3.05, 3.63) is 0 Å². The highest BCUT2D eigenvalue weighted by atomic mass is 16.4. The zero-order valence-electron chi connectivity index (χ0n) is 23.2. The highest BCUT2D eigenvalue weighted by Crippen LogP contribution is 2.03. The number of aliphatic hydroxyl groups is 1. The van der Waals surface area contributed by atoms with Crippen molar-refractivity contribution in [2.45, 2.75) is 70.7 Å². The fourth-order valence-electron chi connectivity index (χ4n) is 3.10. The van der Waals surface area contributed by atoms with Gasteiger partial charge in [-0.05, 0) is 26.2 Å². The topological polar surface area (TPSA) is 295 Å². The summed E-state index contributed by atoms with van der Waals surface area (Å²) >= 11 is 0. The molecule has 0 aliphatic rings. The van der Waals surface area contributed by atoms with Gasteiger partial charge in [0.2, 0.25) is 35.4 Å². The number of carbonyl (C=O) groups excluding carboxylic acids is 6. The highest BCUT2D eigenvalue weighted by molar-refractivity contribution is 5.96. The molecule has 0 aromatic rings. The first-order valence-electron chi connectivity index (χ1n) is 12.6. The van der Waals surface area contributed by atoms with E-state index < -0.39 is 110 Å². The molecule has 18 nitrogen and oxygen atoms in total. The molecule has 0 spiro atoms. The number of carboxylic acids is 2. The highest BCUT2D eigenvalue weighted by Gasteiger charge is 2.31. The summed E-state index contributed by atoms with van der Waals surface area (Å²) in [5.41, 5.74) is 5.16. The van der Waals surface area contributed by atoms with Gasteiger partial charge in [-0.3, -0.25) is 33.6 Å². The van der Waals surface area contributed by atoms with E-state index in [9.17, 15) is 43.5 Å². The summed E-state index contributed by atoms with van der Waals surface area (Å²) in [5.74, 6) is -8.11. The summed E-state index contributed by atoms with van der Waals surface area (Å²) in [6.07, 6.45) is -0.926. The van der Waals surface area contributed by atoms with Gasteiger partial charge in [-0.25, -0.2) is 4.79 Å². The van der Waals surface area contributed by atoms with E-state index >= 15 is 0 Å². The van der Waals surface area contributed by atoms with Crippen molar-refractivity contribution in [2.75, 3.05) is 19.7 Å². The van der Waals surface area contributed by atoms with Crippen LogP contribution >= 0.6 is 0 Å². The molecule has 0 bridgehead atoms. The monoisotopic (exact) mass is 589 g/mol. The third kappa shape index (κ3) is 14.0. The summed E-state index contributed by atoms with van der Waals surface area (Å²) in [5, 5.41) is 41.1. The predicted molar refractivity (Wildman–Crippen MR) is 139 cm³/mol. The maximum atomic E-state index is 12.8. The van der Waals surface area contributed by atoms with Gasteiger partial charge in [-0.1, -0.05) is 13.8 Å². The normalized spacial score (nSPS) is 14.3. The number of hydrogen-bond donors (Lipinski definition) is 10. The predicted octanol–water partition coefficient (Wildman–Crippen LogP) is -4.88. The number of hydrogen-bond acceptors (Lipinski definition) is 10. The van der Waals surface area contributed by atoms with Crippen molar-refractivity contribution < 1.29 is 53.7 Å². The third-order valence-electron chi connectivity index (χ3n) is 5.47. The van der Waals surface area contributed by atoms with Crippen LogP contribution < -0.4 is 37.6 Å². The van der Waals surface area contributed by atoms with Gasteiger partial charge in [-0.2, -0.15) is 0 Å². The first kappa shape index (κ1) is 36.7. The Morgan fingerprint density at radius 1 is 0.683 bits per heavy atom. The van der Waals surface area contributed by atoms with E-state index in [1.165, 1.54) is 13.8 Å². The molecule has 0 aromatic carbocycles. The van der Waals surface area contributed by atoms with Crippen LogP contribution in [-0.4, -0.2) is 113 Å². The quantitative estimate of drug-likeness (QED) is 0.0720. The molecule has 0 aliphatic heterocycles. The fraction of sp³-hybridized carbons (Fsp3) is 0.652. The van der Waals surface area contributed by atoms with Crippen LogP contribution in [0.2, 0.25) is 0 Å². The second-order valence-corrected chi connectivity index (χ2v) is 9.31. The largest absolute Gasteiger partial charge is 0.481 e. The lowest BCUT2D eigenvalue weighted by molar-refractivity contribution is -0.143. The molecule has 5 atom stereocenters. The Balaban J connectivity index is 5.10. The van der Waals surface area contributed by atoms with Gasteiger partial charge in [0.15, 0.2) is 0 Å². The van der Waals surface area contributed by atoms with Crippen LogP contribution in [-0.2, 0) is 38.4 Å². The van der Waals surface area contributed by atoms with E-state index in [2.05, 4.69) is 31.9 Å². The Bertz CT molecular complexity index is 989. The van der Waals surface area contributed by atoms with Crippen molar-refractivity contribution in [3.63, 3.8) is 0 Å². The Morgan fingerprint density at radius 2 is 1.24 bits per heavy atom. The summed E-state index contributed by atoms with van der Waals surface area (Å²) in [6.45, 7) is 3.96. The summed E-state index contributed by atoms with van der Waals surface area (Å²) < 4.78 is 0. The van der Waals surface area contributed by atoms with Gasteiger partial charge in [0.25, 0.3) is 0 Å². The second-order valence-electron chi connectivity index (χ2n) is 9.31. The molecule has 0 radical (unpaired) electrons. The van der Waals surface area contributed by atoms with Gasteiger partial charge in [-0.15, -0.1) is 0 Å². The molecule has 6 amide bonds. The number of carbonyl (C=O) groups is 8. The molecule has 0 fully saturated rings. The van der Waals surface area contributed by atoms with Crippen molar-refractivity contribution >= 4 is 47.4 Å². The number of nitrogens with one attached hydrogen (secondary N) is 6. The SMILES string of the molecule is CC(C)[C@H](NC(=O)CNC(=O)[C@H](C)NC(=O)CN)C(=O)N[C@@H](CO)C(=O)N[C@@H](C)C(=O)N[C@@H](CCC(=O)O)C(=O)O. The average Bonchev–Trinajstić information content (AvgIpc) is 2.89. The first-order valence-corrected chi connectivity index (χ1v) is 12.6. The minimum atomic E-state index is -1.56. The van der Waals surface area contributed by atoms with Crippen molar-refractivity contribution in [1.82, 2.24) is 31.9 Å². The zero-order chi connectivity index (χ0) is 31.9. The molecule has 0 aromatic heterocycles. The summed E-state index contributed by atoms with van der Waals surface area (Å²) in [6, 6.07) is -6.61. The Labute approximate surface area is 235 Å². The Kier molecular flexibility index (Phi) is 16.2. The molecule has 11 N–H and O–H groups in total. The van der Waals surface area contributed by atoms with Crippen LogP contribution in [0.25, 0.3) is 0 Å². The zero-order valence-corrected chi connectivity index (χ0v) is 23.2. The second kappa shape index (κ2) is 18.1. The number of amides is 6. The Morgan fingerprint density at radius 3 is 1.73 bits per heavy atom. The third-order valence-corrected chi connectivity index (χ3v) is 5.47. The average molecular weight is 590 g/mol. The van der Waals surface area contributed by atoms with Gasteiger partial charge in [0.05, 0.1) is 19.7 Å². The number of aliphatic carboxylic acids is 2. The van der Waals surface area contributed by atoms with Crippen LogP contribution in [0.1, 0.15) is 40.5 Å². The minimum Gasteiger partial charge on any atom is -0.481 e. The first-order chi connectivity index (χ1) is 19.0. The molecule has 18 heteroatoms. The number of aliphatic hydroxyl groups excluding tert-OH is 1. The molecule has 0 saturated heterocycles. The molecule has 0 heterocycles. The van der Waals surface area contributed by atoms with Gasteiger partial charge < -0.3 is 53.0 Å². The number of rotatable bonds is 18. The van der Waals surface area contributed by atoms with E-state index in [-0.39, 0.29) is 6.54 Å². The summed E-state index contributed by atoms with van der Waals surface area (Å²) in [7, 11) is 0. The standard InChI is InChI=1S/C23H39N7O11/c1-10(2)18(30-16(33)8-25-19(36)11(3)26-15(32)7-24)22(39)29-14(9-31)21(38)27-12(4)20(37)28-13(23(40)41)5-6-17(34)35/h10-14,18,31H,5-9,24H2,1-4H3,(H,25,36)(H,26,32)(H,27,38)(H,28,37)(H,29,39)(H,30,33)(H,34,35)(H,40,41)/t11-,12-,13-,14-,18-/m0/s1. The van der Waals surface area contributed by atoms with E-state index in [0.717, 1.165) is 0 Å². The van der Waals surface area contributed by atoms with Crippen LogP contribution in [0, 0.1) is 5.92 Å². The Hall–Kier alpha value is -4.32. The lowest BCUT2D eigenvalue weighted by Crippen LogP contribution is -2.59. The van der Waals surface area contributed by atoms with Crippen LogP contribution in [0.4, 0.5) is 0 Å². The lowest BCUT2D eigenvalue weighted by atomic mass is 10.0. The molecule has 232 valence electrons. The molecular weight excluding hydrogens is 550 g/mol. The molecule has 0 rings (SSSR count). The maximum absolute atomic E-state index is 12.8. The fourth-order valence-corrected chi connectivity index (χ4v) is 3.10. The van der Waals surface area contributed by atoms with E-state index in [4.69, 9.17) is 15.9 Å². The maximum Gasteiger partial charge on any atom is 0.326 e.